The van der Waals surface area contributed by atoms with E-state index < -0.39 is 0 Å². The lowest BCUT2D eigenvalue weighted by atomic mass is 9.95. The van der Waals surface area contributed by atoms with Crippen LogP contribution in [0.5, 0.6) is 0 Å². The summed E-state index contributed by atoms with van der Waals surface area (Å²) in [5.41, 5.74) is 7.15. The van der Waals surface area contributed by atoms with Crippen molar-refractivity contribution in [3.63, 3.8) is 0 Å². The van der Waals surface area contributed by atoms with E-state index in [0.717, 1.165) is 30.3 Å². The predicted molar refractivity (Wildman–Crippen MR) is 92.2 cm³/mol. The van der Waals surface area contributed by atoms with E-state index in [1.54, 1.807) is 6.33 Å². The molecule has 1 unspecified atom stereocenters. The Morgan fingerprint density at radius 2 is 1.91 bits per heavy atom. The topological polar surface area (TPSA) is 67.1 Å². The van der Waals surface area contributed by atoms with Crippen molar-refractivity contribution in [2.75, 3.05) is 22.5 Å². The molecule has 1 saturated heterocycles. The van der Waals surface area contributed by atoms with Gasteiger partial charge in [-0.1, -0.05) is 26.2 Å². The molecule has 1 atom stereocenters. The first kappa shape index (κ1) is 15.4. The molecule has 0 radical (unpaired) electrons. The van der Waals surface area contributed by atoms with Crippen LogP contribution in [0.15, 0.2) is 6.33 Å². The summed E-state index contributed by atoms with van der Waals surface area (Å²) >= 11 is 0. The van der Waals surface area contributed by atoms with Gasteiger partial charge in [-0.25, -0.2) is 9.97 Å². The van der Waals surface area contributed by atoms with Crippen molar-refractivity contribution in [3.05, 3.63) is 6.33 Å². The van der Waals surface area contributed by atoms with Crippen molar-refractivity contribution < 1.29 is 0 Å². The molecular weight excluding hydrogens is 274 g/mol. The molecule has 1 saturated carbocycles. The number of nitrogens with zero attached hydrogens (tertiary/aromatic N) is 3. The predicted octanol–water partition coefficient (Wildman–Crippen LogP) is 3.57. The molecule has 0 bridgehead atoms. The number of nitrogens with two attached hydrogens (primary N) is 1. The Balaban J connectivity index is 1.78. The Hall–Kier alpha value is -1.52. The number of anilines is 3. The average molecular weight is 303 g/mol. The molecule has 0 spiro atoms. The van der Waals surface area contributed by atoms with Crippen LogP contribution in [0.4, 0.5) is 17.3 Å². The summed E-state index contributed by atoms with van der Waals surface area (Å²) in [5, 5.41) is 3.56. The van der Waals surface area contributed by atoms with Gasteiger partial charge < -0.3 is 16.0 Å². The third-order valence-electron chi connectivity index (χ3n) is 5.18. The van der Waals surface area contributed by atoms with E-state index in [0.29, 0.717) is 12.1 Å². The molecule has 122 valence electrons. The number of hydrogen-bond acceptors (Lipinski definition) is 5. The minimum atomic E-state index is 0.516. The fourth-order valence-electron chi connectivity index (χ4n) is 3.87. The molecule has 1 aliphatic heterocycles. The molecule has 3 N–H and O–H groups in total. The van der Waals surface area contributed by atoms with E-state index in [9.17, 15) is 0 Å². The third-order valence-corrected chi connectivity index (χ3v) is 5.18. The lowest BCUT2D eigenvalue weighted by Crippen LogP contribution is -2.40. The highest BCUT2D eigenvalue weighted by atomic mass is 15.2. The maximum atomic E-state index is 6.42. The van der Waals surface area contributed by atoms with Crippen LogP contribution in [0.25, 0.3) is 0 Å². The second-order valence-corrected chi connectivity index (χ2v) is 6.69. The van der Waals surface area contributed by atoms with E-state index in [-0.39, 0.29) is 0 Å². The highest BCUT2D eigenvalue weighted by Gasteiger charge is 2.25. The number of hydrogen-bond donors (Lipinski definition) is 2. The van der Waals surface area contributed by atoms with Gasteiger partial charge in [0.15, 0.2) is 11.6 Å². The minimum absolute atomic E-state index is 0.516. The Morgan fingerprint density at radius 3 is 2.68 bits per heavy atom. The maximum absolute atomic E-state index is 6.42. The summed E-state index contributed by atoms with van der Waals surface area (Å²) in [6, 6.07) is 1.08. The summed E-state index contributed by atoms with van der Waals surface area (Å²) in [4.78, 5) is 11.3. The van der Waals surface area contributed by atoms with Crippen LogP contribution in [0, 0.1) is 0 Å². The smallest absolute Gasteiger partial charge is 0.157 e. The van der Waals surface area contributed by atoms with Crippen LogP contribution in [0.1, 0.15) is 64.7 Å². The Morgan fingerprint density at radius 1 is 1.14 bits per heavy atom. The largest absolute Gasteiger partial charge is 0.393 e. The quantitative estimate of drug-likeness (QED) is 0.890. The van der Waals surface area contributed by atoms with E-state index in [1.807, 2.05) is 0 Å². The SMILES string of the molecule is CCC1CCCCN1c1ncnc(NC2CCCCC2)c1N. The second-order valence-electron chi connectivity index (χ2n) is 6.69. The van der Waals surface area contributed by atoms with Crippen LogP contribution in [0.3, 0.4) is 0 Å². The maximum Gasteiger partial charge on any atom is 0.157 e. The Kier molecular flexibility index (Phi) is 5.01. The van der Waals surface area contributed by atoms with Gasteiger partial charge in [-0.2, -0.15) is 0 Å². The van der Waals surface area contributed by atoms with E-state index in [4.69, 9.17) is 5.73 Å². The van der Waals surface area contributed by atoms with Crippen LogP contribution < -0.4 is 16.0 Å². The molecule has 2 aliphatic rings. The van der Waals surface area contributed by atoms with Crippen molar-refractivity contribution in [1.29, 1.82) is 0 Å². The van der Waals surface area contributed by atoms with Crippen molar-refractivity contribution >= 4 is 17.3 Å². The molecule has 22 heavy (non-hydrogen) atoms. The lowest BCUT2D eigenvalue weighted by Gasteiger charge is -2.37. The molecule has 3 rings (SSSR count). The second kappa shape index (κ2) is 7.16. The molecular formula is C17H29N5. The summed E-state index contributed by atoms with van der Waals surface area (Å²) in [5.74, 6) is 1.76. The van der Waals surface area contributed by atoms with E-state index in [1.165, 1.54) is 51.4 Å². The van der Waals surface area contributed by atoms with Gasteiger partial charge >= 0.3 is 0 Å². The van der Waals surface area contributed by atoms with Gasteiger partial charge in [0.1, 0.15) is 12.0 Å². The van der Waals surface area contributed by atoms with E-state index >= 15 is 0 Å². The summed E-state index contributed by atoms with van der Waals surface area (Å²) < 4.78 is 0. The monoisotopic (exact) mass is 303 g/mol. The first-order valence-corrected chi connectivity index (χ1v) is 8.93. The molecule has 0 aromatic carbocycles. The van der Waals surface area contributed by atoms with Crippen LogP contribution in [-0.2, 0) is 0 Å². The van der Waals surface area contributed by atoms with Crippen LogP contribution >= 0.6 is 0 Å². The molecule has 1 aromatic heterocycles. The zero-order valence-corrected chi connectivity index (χ0v) is 13.7. The number of nitrogen functional groups attached to an aromatic ring is 1. The molecule has 5 nitrogen and oxygen atoms in total. The molecule has 2 fully saturated rings. The molecule has 2 heterocycles. The highest BCUT2D eigenvalue weighted by molar-refractivity contribution is 5.75. The average Bonchev–Trinajstić information content (AvgIpc) is 2.58. The highest BCUT2D eigenvalue weighted by Crippen LogP contribution is 2.33. The standard InChI is InChI=1S/C17H29N5/c1-2-14-10-6-7-11-22(14)17-15(18)16(19-12-20-17)21-13-8-4-3-5-9-13/h12-14H,2-11,18H2,1H3,(H,19,20,21). The first-order chi connectivity index (χ1) is 10.8. The van der Waals surface area contributed by atoms with Gasteiger partial charge in [0.25, 0.3) is 0 Å². The van der Waals surface area contributed by atoms with Gasteiger partial charge in [0.05, 0.1) is 0 Å². The van der Waals surface area contributed by atoms with Crippen molar-refractivity contribution in [3.8, 4) is 0 Å². The summed E-state index contributed by atoms with van der Waals surface area (Å²) in [6.07, 6.45) is 13.0. The molecule has 0 amide bonds. The summed E-state index contributed by atoms with van der Waals surface area (Å²) in [7, 11) is 0. The fraction of sp³-hybridized carbons (Fsp3) is 0.765. The Labute approximate surface area is 133 Å². The first-order valence-electron chi connectivity index (χ1n) is 8.93. The van der Waals surface area contributed by atoms with Crippen LogP contribution in [-0.4, -0.2) is 28.6 Å². The number of aromatic nitrogens is 2. The van der Waals surface area contributed by atoms with Gasteiger partial charge in [0, 0.05) is 18.6 Å². The van der Waals surface area contributed by atoms with Crippen molar-refractivity contribution in [2.24, 2.45) is 0 Å². The minimum Gasteiger partial charge on any atom is -0.393 e. The number of rotatable bonds is 4. The zero-order valence-electron chi connectivity index (χ0n) is 13.7. The Bertz CT molecular complexity index is 484. The number of piperidine rings is 1. The van der Waals surface area contributed by atoms with Gasteiger partial charge in [0.2, 0.25) is 0 Å². The normalized spacial score (nSPS) is 23.5. The van der Waals surface area contributed by atoms with Gasteiger partial charge in [-0.15, -0.1) is 0 Å². The van der Waals surface area contributed by atoms with E-state index in [2.05, 4.69) is 27.1 Å². The fourth-order valence-corrected chi connectivity index (χ4v) is 3.87. The molecule has 5 heteroatoms. The lowest BCUT2D eigenvalue weighted by molar-refractivity contribution is 0.447. The zero-order chi connectivity index (χ0) is 15.4. The molecule has 1 aromatic rings. The number of nitrogens with one attached hydrogen (secondary N) is 1. The third kappa shape index (κ3) is 3.28. The van der Waals surface area contributed by atoms with Crippen LogP contribution in [0.2, 0.25) is 0 Å². The molecule has 1 aliphatic carbocycles. The van der Waals surface area contributed by atoms with Gasteiger partial charge in [-0.05, 0) is 38.5 Å². The van der Waals surface area contributed by atoms with Crippen molar-refractivity contribution in [2.45, 2.75) is 76.8 Å². The van der Waals surface area contributed by atoms with Gasteiger partial charge in [-0.3, -0.25) is 0 Å². The summed E-state index contributed by atoms with van der Waals surface area (Å²) in [6.45, 7) is 3.31. The van der Waals surface area contributed by atoms with Crippen molar-refractivity contribution in [1.82, 2.24) is 9.97 Å².